The number of hydrogen-bond donors (Lipinski definition) is 1. The number of nitrogens with two attached hydrogens (primary N) is 1. The van der Waals surface area contributed by atoms with Gasteiger partial charge in [-0.3, -0.25) is 0 Å². The third-order valence-corrected chi connectivity index (χ3v) is 12.9. The van der Waals surface area contributed by atoms with Crippen LogP contribution in [0.1, 0.15) is 46.5 Å². The largest absolute Gasteiger partial charge is 0.491 e. The normalized spacial score (nSPS) is 14.9. The van der Waals surface area contributed by atoms with Gasteiger partial charge in [-0.1, -0.05) is 87.9 Å². The van der Waals surface area contributed by atoms with Crippen molar-refractivity contribution in [1.29, 1.82) is 0 Å². The molecule has 0 saturated carbocycles. The van der Waals surface area contributed by atoms with Crippen molar-refractivity contribution in [1.82, 2.24) is 4.90 Å². The maximum absolute atomic E-state index is 7.03. The summed E-state index contributed by atoms with van der Waals surface area (Å²) >= 11 is 0. The summed E-state index contributed by atoms with van der Waals surface area (Å²) in [5, 5.41) is 2.70. The van der Waals surface area contributed by atoms with E-state index in [1.165, 1.54) is 10.4 Å². The van der Waals surface area contributed by atoms with Crippen LogP contribution >= 0.6 is 0 Å². The van der Waals surface area contributed by atoms with Crippen LogP contribution in [0.15, 0.2) is 78.9 Å². The summed E-state index contributed by atoms with van der Waals surface area (Å²) in [4.78, 5) is 4.78. The Balaban J connectivity index is 1.29. The number of unbranched alkanes of at least 4 members (excludes halogenated alkanes) is 3. The van der Waals surface area contributed by atoms with Crippen LogP contribution in [0.25, 0.3) is 0 Å². The minimum Gasteiger partial charge on any atom is -0.491 e. The van der Waals surface area contributed by atoms with Crippen molar-refractivity contribution in [3.05, 3.63) is 78.9 Å². The van der Waals surface area contributed by atoms with Crippen molar-refractivity contribution in [2.24, 2.45) is 0 Å². The van der Waals surface area contributed by atoms with Gasteiger partial charge in [0.05, 0.1) is 12.3 Å². The average molecular weight is 546 g/mol. The lowest BCUT2D eigenvalue weighted by Gasteiger charge is -2.43. The summed E-state index contributed by atoms with van der Waals surface area (Å²) in [6, 6.07) is 27.9. The van der Waals surface area contributed by atoms with Gasteiger partial charge in [0.25, 0.3) is 8.32 Å². The molecule has 0 bridgehead atoms. The van der Waals surface area contributed by atoms with Crippen LogP contribution in [0.5, 0.6) is 5.75 Å². The van der Waals surface area contributed by atoms with Gasteiger partial charge in [0.15, 0.2) is 0 Å². The molecule has 0 amide bonds. The molecular formula is C33H47N3O2Si. The lowest BCUT2D eigenvalue weighted by atomic mass is 10.2. The Labute approximate surface area is 237 Å². The number of nitrogen functional groups attached to an aromatic ring is 1. The smallest absolute Gasteiger partial charge is 0.261 e. The number of rotatable bonds is 12. The Morgan fingerprint density at radius 2 is 1.31 bits per heavy atom. The Kier molecular flexibility index (Phi) is 10.1. The molecule has 2 N–H and O–H groups in total. The highest BCUT2D eigenvalue weighted by molar-refractivity contribution is 6.99. The Morgan fingerprint density at radius 1 is 0.744 bits per heavy atom. The molecule has 1 aliphatic heterocycles. The highest BCUT2D eigenvalue weighted by Gasteiger charge is 2.49. The zero-order chi connectivity index (χ0) is 27.7. The molecule has 3 aromatic carbocycles. The number of benzene rings is 3. The Morgan fingerprint density at radius 3 is 1.87 bits per heavy atom. The first-order valence-electron chi connectivity index (χ1n) is 14.5. The SMILES string of the molecule is CN1CCN(c2ccc(N)cc2OCCCCCCO[Si](c2ccccc2)(c2ccccc2)C(C)(C)C)CC1. The molecule has 0 aliphatic carbocycles. The number of nitrogens with zero attached hydrogens (tertiary/aromatic N) is 2. The standard InChI is InChI=1S/C33H47N3O2Si/c1-33(2,3)39(29-15-9-7-10-16-29,30-17-11-8-12-18-30)38-26-14-6-5-13-25-37-32-27-28(34)19-20-31(32)36-23-21-35(4)22-24-36/h7-12,15-20,27H,5-6,13-14,21-26,34H2,1-4H3. The van der Waals surface area contributed by atoms with E-state index in [0.717, 1.165) is 75.6 Å². The summed E-state index contributed by atoms with van der Waals surface area (Å²) in [6.45, 7) is 12.7. The number of anilines is 2. The highest BCUT2D eigenvalue weighted by atomic mass is 28.4. The van der Waals surface area contributed by atoms with Crippen LogP contribution in [0.4, 0.5) is 11.4 Å². The summed E-state index contributed by atoms with van der Waals surface area (Å²) in [7, 11) is -0.268. The summed E-state index contributed by atoms with van der Waals surface area (Å²) in [6.07, 6.45) is 4.32. The van der Waals surface area contributed by atoms with Gasteiger partial charge in [-0.2, -0.15) is 0 Å². The van der Waals surface area contributed by atoms with Crippen molar-refractivity contribution in [2.45, 2.75) is 51.5 Å². The van der Waals surface area contributed by atoms with Crippen LogP contribution in [0.3, 0.4) is 0 Å². The van der Waals surface area contributed by atoms with E-state index >= 15 is 0 Å². The van der Waals surface area contributed by atoms with Gasteiger partial charge in [-0.15, -0.1) is 0 Å². The second kappa shape index (κ2) is 13.5. The van der Waals surface area contributed by atoms with Gasteiger partial charge >= 0.3 is 0 Å². The molecule has 4 rings (SSSR count). The predicted molar refractivity (Wildman–Crippen MR) is 168 cm³/mol. The van der Waals surface area contributed by atoms with Crippen LogP contribution < -0.4 is 25.7 Å². The minimum absolute atomic E-state index is 0.0164. The van der Waals surface area contributed by atoms with Gasteiger partial charge in [-0.05, 0) is 53.9 Å². The number of likely N-dealkylation sites (N-methyl/N-ethyl adjacent to an activating group) is 1. The predicted octanol–water partition coefficient (Wildman–Crippen LogP) is 5.54. The minimum atomic E-state index is -2.45. The second-order valence-corrected chi connectivity index (χ2v) is 16.1. The molecule has 210 valence electrons. The maximum atomic E-state index is 7.03. The molecule has 5 nitrogen and oxygen atoms in total. The molecule has 1 fully saturated rings. The monoisotopic (exact) mass is 545 g/mol. The van der Waals surface area contributed by atoms with Crippen molar-refractivity contribution in [3.8, 4) is 5.75 Å². The number of ether oxygens (including phenoxy) is 1. The molecule has 0 atom stereocenters. The summed E-state index contributed by atoms with van der Waals surface area (Å²) in [5.74, 6) is 0.912. The zero-order valence-electron chi connectivity index (χ0n) is 24.4. The fourth-order valence-electron chi connectivity index (χ4n) is 5.68. The summed E-state index contributed by atoms with van der Waals surface area (Å²) in [5.41, 5.74) is 8.01. The number of piperazine rings is 1. The van der Waals surface area contributed by atoms with E-state index in [2.05, 4.69) is 104 Å². The fraction of sp³-hybridized carbons (Fsp3) is 0.455. The molecule has 3 aromatic rings. The van der Waals surface area contributed by atoms with E-state index in [1.807, 2.05) is 12.1 Å². The lowest BCUT2D eigenvalue weighted by Crippen LogP contribution is -2.66. The van der Waals surface area contributed by atoms with Crippen LogP contribution in [-0.4, -0.2) is 59.7 Å². The van der Waals surface area contributed by atoms with Crippen molar-refractivity contribution in [2.75, 3.05) is 57.1 Å². The molecule has 6 heteroatoms. The first kappa shape index (κ1) is 29.2. The van der Waals surface area contributed by atoms with Gasteiger partial charge in [0, 0.05) is 44.5 Å². The average Bonchev–Trinajstić information content (AvgIpc) is 2.93. The van der Waals surface area contributed by atoms with E-state index in [4.69, 9.17) is 14.9 Å². The molecule has 1 aliphatic rings. The van der Waals surface area contributed by atoms with Crippen molar-refractivity contribution >= 4 is 30.1 Å². The van der Waals surface area contributed by atoms with Crippen LogP contribution in [0.2, 0.25) is 5.04 Å². The second-order valence-electron chi connectivity index (χ2n) is 11.8. The third kappa shape index (κ3) is 7.24. The topological polar surface area (TPSA) is 51.0 Å². The van der Waals surface area contributed by atoms with Crippen LogP contribution in [-0.2, 0) is 4.43 Å². The summed E-state index contributed by atoms with van der Waals surface area (Å²) < 4.78 is 13.3. The molecular weight excluding hydrogens is 498 g/mol. The molecule has 1 heterocycles. The highest BCUT2D eigenvalue weighted by Crippen LogP contribution is 2.37. The Bertz CT molecular complexity index is 1100. The molecule has 0 radical (unpaired) electrons. The fourth-order valence-corrected chi connectivity index (χ4v) is 10.3. The first-order chi connectivity index (χ1) is 18.8. The van der Waals surface area contributed by atoms with Gasteiger partial charge in [0.2, 0.25) is 0 Å². The van der Waals surface area contributed by atoms with E-state index in [-0.39, 0.29) is 5.04 Å². The zero-order valence-corrected chi connectivity index (χ0v) is 25.4. The van der Waals surface area contributed by atoms with Gasteiger partial charge < -0.3 is 24.7 Å². The van der Waals surface area contributed by atoms with Gasteiger partial charge in [-0.25, -0.2) is 0 Å². The number of hydrogen-bond acceptors (Lipinski definition) is 5. The van der Waals surface area contributed by atoms with E-state index in [1.54, 1.807) is 0 Å². The lowest BCUT2D eigenvalue weighted by molar-refractivity contribution is 0.276. The molecule has 1 saturated heterocycles. The van der Waals surface area contributed by atoms with Crippen LogP contribution in [0, 0.1) is 0 Å². The quantitative estimate of drug-likeness (QED) is 0.184. The molecule has 0 aromatic heterocycles. The van der Waals surface area contributed by atoms with Crippen molar-refractivity contribution < 1.29 is 9.16 Å². The van der Waals surface area contributed by atoms with E-state index < -0.39 is 8.32 Å². The van der Waals surface area contributed by atoms with Crippen molar-refractivity contribution in [3.63, 3.8) is 0 Å². The Hall–Kier alpha value is -2.80. The first-order valence-corrected chi connectivity index (χ1v) is 16.4. The van der Waals surface area contributed by atoms with Gasteiger partial charge in [0.1, 0.15) is 5.75 Å². The molecule has 39 heavy (non-hydrogen) atoms. The third-order valence-electron chi connectivity index (χ3n) is 7.86. The maximum Gasteiger partial charge on any atom is 0.261 e. The molecule has 0 spiro atoms. The van der Waals surface area contributed by atoms with E-state index in [0.29, 0.717) is 6.61 Å². The molecule has 0 unspecified atom stereocenters. The van der Waals surface area contributed by atoms with E-state index in [9.17, 15) is 0 Å².